The average molecular weight is 70.1 g/mol. The molecule has 0 fully saturated rings. The van der Waals surface area contributed by atoms with E-state index in [9.17, 15) is 0 Å². The highest BCUT2D eigenvalue weighted by Gasteiger charge is 1.55. The fourth-order valence-electron chi connectivity index (χ4n) is 0. The number of hydrogen-bond acceptors (Lipinski definition) is 2. The van der Waals surface area contributed by atoms with Crippen LogP contribution in [0.5, 0.6) is 0 Å². The zero-order valence-electron chi connectivity index (χ0n) is 2.86. The summed E-state index contributed by atoms with van der Waals surface area (Å²) in [5.74, 6) is 0.144. The lowest BCUT2D eigenvalue weighted by Gasteiger charge is -1.72. The van der Waals surface area contributed by atoms with E-state index < -0.39 is 0 Å². The van der Waals surface area contributed by atoms with Crippen molar-refractivity contribution >= 4 is 0 Å². The third-order valence-electron chi connectivity index (χ3n) is 0.204. The van der Waals surface area contributed by atoms with Crippen molar-refractivity contribution in [3.05, 3.63) is 18.1 Å². The average Bonchev–Trinajstić information content (AvgIpc) is 1.38. The summed E-state index contributed by atoms with van der Waals surface area (Å²) in [6.45, 7) is 3.15. The number of nitrogens with two attached hydrogens (primary N) is 2. The van der Waals surface area contributed by atoms with E-state index >= 15 is 0 Å². The van der Waals surface area contributed by atoms with Gasteiger partial charge in [-0.25, -0.2) is 0 Å². The Labute approximate surface area is 30.8 Å². The second-order valence-corrected chi connectivity index (χ2v) is 0.632. The molecule has 0 rings (SSSR count). The van der Waals surface area contributed by atoms with Gasteiger partial charge in [0.1, 0.15) is 5.82 Å². The molecule has 0 atom stereocenters. The van der Waals surface area contributed by atoms with E-state index in [1.54, 1.807) is 0 Å². The van der Waals surface area contributed by atoms with E-state index in [4.69, 9.17) is 11.5 Å². The van der Waals surface area contributed by atoms with Crippen LogP contribution in [0.3, 0.4) is 0 Å². The van der Waals surface area contributed by atoms with Gasteiger partial charge in [0.15, 0.2) is 0 Å². The highest BCUT2D eigenvalue weighted by atomic mass is 14.8. The summed E-state index contributed by atoms with van der Waals surface area (Å²) in [5, 5.41) is 0. The number of rotatable bonds is 0. The van der Waals surface area contributed by atoms with Gasteiger partial charge in [0.2, 0.25) is 0 Å². The Morgan fingerprint density at radius 3 is 1.80 bits per heavy atom. The predicted octanol–water partition coefficient (Wildman–Crippen LogP) is -0.470. The lowest BCUT2D eigenvalue weighted by atomic mass is 10.8. The molecule has 5 heavy (non-hydrogen) atoms. The predicted molar refractivity (Wildman–Crippen MR) is 21.0 cm³/mol. The molecular formula is C3H6N2. The van der Waals surface area contributed by atoms with Gasteiger partial charge in [0.25, 0.3) is 0 Å². The Morgan fingerprint density at radius 1 is 1.60 bits per heavy atom. The van der Waals surface area contributed by atoms with E-state index in [0.717, 1.165) is 0 Å². The van der Waals surface area contributed by atoms with Crippen LogP contribution in [0.1, 0.15) is 0 Å². The maximum absolute atomic E-state index is 4.81. The van der Waals surface area contributed by atoms with E-state index in [2.05, 4.69) is 12.3 Å². The Kier molecular flexibility index (Phi) is 1.19. The van der Waals surface area contributed by atoms with E-state index in [1.807, 2.05) is 0 Å². The zero-order valence-corrected chi connectivity index (χ0v) is 2.86. The Morgan fingerprint density at radius 2 is 1.80 bits per heavy atom. The maximum atomic E-state index is 4.81. The molecule has 4 N–H and O–H groups in total. The first-order valence-corrected chi connectivity index (χ1v) is 1.18. The van der Waals surface area contributed by atoms with Crippen molar-refractivity contribution in [2.45, 2.75) is 0 Å². The molecular weight excluding hydrogens is 64.0 g/mol. The minimum absolute atomic E-state index is 0.144. The van der Waals surface area contributed by atoms with Crippen LogP contribution in [-0.4, -0.2) is 0 Å². The molecule has 0 aromatic heterocycles. The molecule has 0 aliphatic carbocycles. The van der Waals surface area contributed by atoms with E-state index in [-0.39, 0.29) is 5.82 Å². The Balaban J connectivity index is 3.60. The first-order valence-electron chi connectivity index (χ1n) is 1.18. The van der Waals surface area contributed by atoms with Crippen LogP contribution in [-0.2, 0) is 0 Å². The van der Waals surface area contributed by atoms with Gasteiger partial charge < -0.3 is 11.5 Å². The van der Waals surface area contributed by atoms with Crippen LogP contribution in [0.25, 0.3) is 0 Å². The SMILES string of the molecule is C=C=C(N)N. The monoisotopic (exact) mass is 70.1 g/mol. The van der Waals surface area contributed by atoms with Crippen LogP contribution in [0.2, 0.25) is 0 Å². The second-order valence-electron chi connectivity index (χ2n) is 0.632. The molecule has 0 radical (unpaired) electrons. The van der Waals surface area contributed by atoms with Gasteiger partial charge in [0.05, 0.1) is 0 Å². The van der Waals surface area contributed by atoms with Crippen molar-refractivity contribution in [2.24, 2.45) is 11.5 Å². The normalized spacial score (nSPS) is 5.60. The van der Waals surface area contributed by atoms with Crippen molar-refractivity contribution in [3.63, 3.8) is 0 Å². The van der Waals surface area contributed by atoms with Gasteiger partial charge in [-0.2, -0.15) is 0 Å². The second kappa shape index (κ2) is 1.44. The molecule has 2 heteroatoms. The van der Waals surface area contributed by atoms with Crippen LogP contribution in [0, 0.1) is 0 Å². The minimum Gasteiger partial charge on any atom is -0.379 e. The van der Waals surface area contributed by atoms with E-state index in [0.29, 0.717) is 0 Å². The molecule has 28 valence electrons. The summed E-state index contributed by atoms with van der Waals surface area (Å²) in [6.07, 6.45) is 0. The fourth-order valence-corrected chi connectivity index (χ4v) is 0. The fraction of sp³-hybridized carbons (Fsp3) is 0. The summed E-state index contributed by atoms with van der Waals surface area (Å²) in [4.78, 5) is 0. The molecule has 0 aromatic carbocycles. The van der Waals surface area contributed by atoms with Crippen molar-refractivity contribution in [2.75, 3.05) is 0 Å². The third kappa shape index (κ3) is 3.12. The Hall–Kier alpha value is -0.880. The summed E-state index contributed by atoms with van der Waals surface area (Å²) in [5.41, 5.74) is 11.9. The summed E-state index contributed by atoms with van der Waals surface area (Å²) < 4.78 is 0. The summed E-state index contributed by atoms with van der Waals surface area (Å²) in [7, 11) is 0. The van der Waals surface area contributed by atoms with Crippen LogP contribution in [0.4, 0.5) is 0 Å². The van der Waals surface area contributed by atoms with Gasteiger partial charge >= 0.3 is 0 Å². The molecule has 0 aromatic rings. The highest BCUT2D eigenvalue weighted by Crippen LogP contribution is 1.48. The molecule has 0 saturated carbocycles. The molecule has 0 amide bonds. The maximum Gasteiger partial charge on any atom is 0.138 e. The third-order valence-corrected chi connectivity index (χ3v) is 0.204. The summed E-state index contributed by atoms with van der Waals surface area (Å²) >= 11 is 0. The van der Waals surface area contributed by atoms with E-state index in [1.165, 1.54) is 0 Å². The van der Waals surface area contributed by atoms with Crippen molar-refractivity contribution in [3.8, 4) is 0 Å². The van der Waals surface area contributed by atoms with Crippen LogP contribution in [0.15, 0.2) is 18.1 Å². The molecule has 0 aliphatic heterocycles. The Bertz CT molecular complexity index is 65.0. The molecule has 2 nitrogen and oxygen atoms in total. The van der Waals surface area contributed by atoms with Gasteiger partial charge in [-0.15, -0.1) is 0 Å². The smallest absolute Gasteiger partial charge is 0.138 e. The minimum atomic E-state index is 0.144. The van der Waals surface area contributed by atoms with Crippen molar-refractivity contribution in [1.82, 2.24) is 0 Å². The standard InChI is InChI=1S/C3H6N2/c1-2-3(4)5/h1,4-5H2. The molecule has 0 unspecified atom stereocenters. The first-order chi connectivity index (χ1) is 2.27. The number of hydrogen-bond donors (Lipinski definition) is 2. The molecule has 0 aliphatic rings. The molecule has 0 heterocycles. The largest absolute Gasteiger partial charge is 0.379 e. The van der Waals surface area contributed by atoms with Gasteiger partial charge in [-0.1, -0.05) is 12.3 Å². The summed E-state index contributed by atoms with van der Waals surface area (Å²) in [6, 6.07) is 0. The molecule has 0 spiro atoms. The van der Waals surface area contributed by atoms with Crippen molar-refractivity contribution < 1.29 is 0 Å². The molecule has 0 bridgehead atoms. The molecule has 0 saturated heterocycles. The van der Waals surface area contributed by atoms with Crippen LogP contribution < -0.4 is 11.5 Å². The quantitative estimate of drug-likeness (QED) is 0.378. The van der Waals surface area contributed by atoms with Crippen LogP contribution >= 0.6 is 0 Å². The lowest BCUT2D eigenvalue weighted by molar-refractivity contribution is 1.26. The van der Waals surface area contributed by atoms with Gasteiger partial charge in [-0.05, 0) is 0 Å². The van der Waals surface area contributed by atoms with Crippen molar-refractivity contribution in [1.29, 1.82) is 0 Å². The highest BCUT2D eigenvalue weighted by molar-refractivity contribution is 4.83. The van der Waals surface area contributed by atoms with Gasteiger partial charge in [-0.3, -0.25) is 0 Å². The zero-order chi connectivity index (χ0) is 4.28. The lowest BCUT2D eigenvalue weighted by Crippen LogP contribution is -2.04. The van der Waals surface area contributed by atoms with Gasteiger partial charge in [0, 0.05) is 0 Å². The topological polar surface area (TPSA) is 52.0 Å². The first kappa shape index (κ1) is 4.12.